The first kappa shape index (κ1) is 28.0. The lowest BCUT2D eigenvalue weighted by molar-refractivity contribution is -0.135. The fourth-order valence-electron chi connectivity index (χ4n) is 2.49. The molecular weight excluding hydrogens is 408 g/mol. The first-order valence-electron chi connectivity index (χ1n) is 10.0. The van der Waals surface area contributed by atoms with Crippen molar-refractivity contribution in [2.24, 2.45) is 5.92 Å². The number of hydrogen-bond donors (Lipinski definition) is 3. The molecule has 30 heavy (non-hydrogen) atoms. The summed E-state index contributed by atoms with van der Waals surface area (Å²) >= 11 is 1.59. The first-order valence-corrected chi connectivity index (χ1v) is 11.4. The molecule has 0 aromatic heterocycles. The maximum atomic E-state index is 12.8. The SMILES string of the molecule is CSCC[C@@H](NC(=O)[C@@H](CC(C)C)NC(=O)CNC(=O)OC(C)(C)C)C(=O)N(C)C. The summed E-state index contributed by atoms with van der Waals surface area (Å²) in [6.45, 7) is 8.71. The number of alkyl carbamates (subject to hydrolysis) is 1. The Kier molecular flexibility index (Phi) is 12.5. The first-order chi connectivity index (χ1) is 13.8. The highest BCUT2D eigenvalue weighted by atomic mass is 32.2. The van der Waals surface area contributed by atoms with Gasteiger partial charge in [-0.05, 0) is 51.5 Å². The Bertz CT molecular complexity index is 590. The molecule has 174 valence electrons. The minimum absolute atomic E-state index is 0.133. The lowest BCUT2D eigenvalue weighted by Gasteiger charge is -2.26. The molecule has 0 fully saturated rings. The third kappa shape index (κ3) is 12.6. The monoisotopic (exact) mass is 446 g/mol. The molecule has 4 amide bonds. The van der Waals surface area contributed by atoms with Crippen LogP contribution in [0.25, 0.3) is 0 Å². The Balaban J connectivity index is 5.02. The quantitative estimate of drug-likeness (QED) is 0.441. The zero-order valence-electron chi connectivity index (χ0n) is 19.5. The number of amides is 4. The van der Waals surface area contributed by atoms with Gasteiger partial charge in [-0.15, -0.1) is 0 Å². The standard InChI is InChI=1S/C20H38N4O5S/c1-13(2)11-15(22-16(25)12-21-19(28)29-20(3,4)5)17(26)23-14(9-10-30-8)18(27)24(6)7/h13-15H,9-12H2,1-8H3,(H,21,28)(H,22,25)(H,23,26)/t14-,15-/m1/s1. The van der Waals surface area contributed by atoms with Gasteiger partial charge in [-0.2, -0.15) is 11.8 Å². The summed E-state index contributed by atoms with van der Waals surface area (Å²) < 4.78 is 5.09. The van der Waals surface area contributed by atoms with Gasteiger partial charge in [0.2, 0.25) is 17.7 Å². The van der Waals surface area contributed by atoms with Crippen LogP contribution in [-0.2, 0) is 19.1 Å². The van der Waals surface area contributed by atoms with Crippen molar-refractivity contribution in [1.29, 1.82) is 0 Å². The van der Waals surface area contributed by atoms with Crippen LogP contribution in [0, 0.1) is 5.92 Å². The molecule has 9 nitrogen and oxygen atoms in total. The number of nitrogens with zero attached hydrogens (tertiary/aromatic N) is 1. The number of ether oxygens (including phenoxy) is 1. The highest BCUT2D eigenvalue weighted by Gasteiger charge is 2.28. The lowest BCUT2D eigenvalue weighted by Crippen LogP contribution is -2.55. The van der Waals surface area contributed by atoms with Crippen molar-refractivity contribution < 1.29 is 23.9 Å². The number of carbonyl (C=O) groups excluding carboxylic acids is 4. The van der Waals surface area contributed by atoms with Crippen LogP contribution in [0.2, 0.25) is 0 Å². The average Bonchev–Trinajstić information content (AvgIpc) is 2.60. The normalized spacial score (nSPS) is 13.2. The van der Waals surface area contributed by atoms with Crippen molar-refractivity contribution in [1.82, 2.24) is 20.9 Å². The molecular formula is C20H38N4O5S. The summed E-state index contributed by atoms with van der Waals surface area (Å²) in [5.41, 5.74) is -0.675. The van der Waals surface area contributed by atoms with E-state index in [1.807, 2.05) is 20.1 Å². The van der Waals surface area contributed by atoms with E-state index in [2.05, 4.69) is 16.0 Å². The molecule has 2 atom stereocenters. The van der Waals surface area contributed by atoms with E-state index in [9.17, 15) is 19.2 Å². The summed E-state index contributed by atoms with van der Waals surface area (Å²) in [6, 6.07) is -1.48. The Morgan fingerprint density at radius 1 is 1.03 bits per heavy atom. The number of hydrogen-bond acceptors (Lipinski definition) is 6. The summed E-state index contributed by atoms with van der Waals surface area (Å²) in [5.74, 6) is -0.282. The zero-order chi connectivity index (χ0) is 23.5. The minimum Gasteiger partial charge on any atom is -0.444 e. The van der Waals surface area contributed by atoms with Crippen LogP contribution in [-0.4, -0.2) is 79.0 Å². The van der Waals surface area contributed by atoms with Gasteiger partial charge in [0.15, 0.2) is 0 Å². The van der Waals surface area contributed by atoms with Gasteiger partial charge in [0.25, 0.3) is 0 Å². The minimum atomic E-state index is -0.815. The lowest BCUT2D eigenvalue weighted by atomic mass is 10.0. The van der Waals surface area contributed by atoms with E-state index in [1.165, 1.54) is 4.90 Å². The Morgan fingerprint density at radius 3 is 2.10 bits per heavy atom. The maximum Gasteiger partial charge on any atom is 0.408 e. The summed E-state index contributed by atoms with van der Waals surface area (Å²) in [7, 11) is 3.27. The van der Waals surface area contributed by atoms with Crippen LogP contribution < -0.4 is 16.0 Å². The highest BCUT2D eigenvalue weighted by molar-refractivity contribution is 7.98. The van der Waals surface area contributed by atoms with Crippen molar-refractivity contribution in [2.75, 3.05) is 32.6 Å². The number of carbonyl (C=O) groups is 4. The van der Waals surface area contributed by atoms with Crippen LogP contribution in [0.5, 0.6) is 0 Å². The van der Waals surface area contributed by atoms with E-state index >= 15 is 0 Å². The van der Waals surface area contributed by atoms with Crippen LogP contribution >= 0.6 is 11.8 Å². The fourth-order valence-corrected chi connectivity index (χ4v) is 2.96. The molecule has 0 aliphatic rings. The van der Waals surface area contributed by atoms with Crippen LogP contribution in [0.1, 0.15) is 47.5 Å². The molecule has 0 saturated carbocycles. The average molecular weight is 447 g/mol. The predicted molar refractivity (Wildman–Crippen MR) is 119 cm³/mol. The summed E-state index contributed by atoms with van der Waals surface area (Å²) in [5, 5.41) is 7.78. The van der Waals surface area contributed by atoms with Crippen molar-refractivity contribution in [3.05, 3.63) is 0 Å². The predicted octanol–water partition coefficient (Wildman–Crippen LogP) is 1.37. The Labute approximate surface area is 184 Å². The molecule has 10 heteroatoms. The van der Waals surface area contributed by atoms with Crippen LogP contribution in [0.4, 0.5) is 4.79 Å². The second-order valence-electron chi connectivity index (χ2n) is 8.68. The molecule has 0 heterocycles. The molecule has 0 rings (SSSR count). The van der Waals surface area contributed by atoms with Crippen molar-refractivity contribution in [2.45, 2.75) is 65.1 Å². The van der Waals surface area contributed by atoms with Gasteiger partial charge in [0.1, 0.15) is 24.2 Å². The van der Waals surface area contributed by atoms with Crippen molar-refractivity contribution in [3.8, 4) is 0 Å². The molecule has 3 N–H and O–H groups in total. The second-order valence-corrected chi connectivity index (χ2v) is 9.67. The summed E-state index contributed by atoms with van der Waals surface area (Å²) in [6.07, 6.45) is 2.11. The van der Waals surface area contributed by atoms with Gasteiger partial charge in [0.05, 0.1) is 0 Å². The Morgan fingerprint density at radius 2 is 1.63 bits per heavy atom. The summed E-state index contributed by atoms with van der Waals surface area (Å²) in [4.78, 5) is 50.6. The van der Waals surface area contributed by atoms with E-state index < -0.39 is 35.6 Å². The molecule has 0 radical (unpaired) electrons. The van der Waals surface area contributed by atoms with Gasteiger partial charge in [-0.25, -0.2) is 4.79 Å². The molecule has 0 unspecified atom stereocenters. The smallest absolute Gasteiger partial charge is 0.408 e. The van der Waals surface area contributed by atoms with Gasteiger partial charge in [0, 0.05) is 14.1 Å². The Hall–Kier alpha value is -1.97. The molecule has 0 aliphatic carbocycles. The third-order valence-electron chi connectivity index (χ3n) is 3.82. The third-order valence-corrected chi connectivity index (χ3v) is 4.46. The highest BCUT2D eigenvalue weighted by Crippen LogP contribution is 2.09. The number of rotatable bonds is 11. The van der Waals surface area contributed by atoms with Crippen molar-refractivity contribution >= 4 is 35.6 Å². The van der Waals surface area contributed by atoms with E-state index in [0.717, 1.165) is 0 Å². The van der Waals surface area contributed by atoms with Gasteiger partial charge >= 0.3 is 6.09 Å². The maximum absolute atomic E-state index is 12.8. The van der Waals surface area contributed by atoms with Gasteiger partial charge in [-0.3, -0.25) is 14.4 Å². The van der Waals surface area contributed by atoms with E-state index in [1.54, 1.807) is 46.6 Å². The number of nitrogens with one attached hydrogen (secondary N) is 3. The van der Waals surface area contributed by atoms with Crippen LogP contribution in [0.3, 0.4) is 0 Å². The van der Waals surface area contributed by atoms with Crippen molar-refractivity contribution in [3.63, 3.8) is 0 Å². The van der Waals surface area contributed by atoms with Crippen LogP contribution in [0.15, 0.2) is 0 Å². The fraction of sp³-hybridized carbons (Fsp3) is 0.800. The number of thioether (sulfide) groups is 1. The molecule has 0 saturated heterocycles. The van der Waals surface area contributed by atoms with E-state index in [-0.39, 0.29) is 18.4 Å². The molecule has 0 spiro atoms. The molecule has 0 bridgehead atoms. The second kappa shape index (κ2) is 13.4. The van der Waals surface area contributed by atoms with E-state index in [0.29, 0.717) is 18.6 Å². The zero-order valence-corrected chi connectivity index (χ0v) is 20.3. The topological polar surface area (TPSA) is 117 Å². The van der Waals surface area contributed by atoms with E-state index in [4.69, 9.17) is 4.74 Å². The molecule has 0 aromatic carbocycles. The van der Waals surface area contributed by atoms with Gasteiger partial charge in [-0.1, -0.05) is 13.8 Å². The van der Waals surface area contributed by atoms with Gasteiger partial charge < -0.3 is 25.6 Å². The largest absolute Gasteiger partial charge is 0.444 e. The number of likely N-dealkylation sites (N-methyl/N-ethyl adjacent to an activating group) is 1. The molecule has 0 aliphatic heterocycles. The molecule has 0 aromatic rings.